The molecule has 4 N–H and O–H groups in total. The maximum atomic E-state index is 11.5. The summed E-state index contributed by atoms with van der Waals surface area (Å²) in [6.07, 6.45) is 0. The zero-order chi connectivity index (χ0) is 14.3. The normalized spacial score (nSPS) is 16.6. The van der Waals surface area contributed by atoms with Crippen LogP contribution in [0.3, 0.4) is 0 Å². The van der Waals surface area contributed by atoms with Crippen LogP contribution in [0.15, 0.2) is 22.6 Å². The average Bonchev–Trinajstić information content (AvgIpc) is 2.22. The number of hydrogen-bond acceptors (Lipinski definition) is 5. The first-order chi connectivity index (χ1) is 8.68. The molecule has 1 aliphatic heterocycles. The lowest BCUT2D eigenvalue weighted by molar-refractivity contribution is 0.243. The molecule has 0 aromatic heterocycles. The Balaban J connectivity index is 0.00000200. The van der Waals surface area contributed by atoms with E-state index in [0.717, 1.165) is 0 Å². The van der Waals surface area contributed by atoms with Gasteiger partial charge in [-0.05, 0) is 25.5 Å². The Labute approximate surface area is 124 Å². The second kappa shape index (κ2) is 5.59. The number of hydrogen-bond donors (Lipinski definition) is 2. The van der Waals surface area contributed by atoms with Crippen molar-refractivity contribution in [3.63, 3.8) is 0 Å². The minimum absolute atomic E-state index is 0. The molecular formula is C12H18ClN3O3S. The van der Waals surface area contributed by atoms with Gasteiger partial charge in [0.05, 0.1) is 11.3 Å². The molecular weight excluding hydrogens is 302 g/mol. The standard InChI is InChI=1S/C12H17N3O3S.ClH/c1-12(2,14)7-18-9-5-3-4-8-6-19(16,17)15-11(13)10(8)9;/h3-5H,6-7,14H2,1-2H3,(H2,13,15);1H. The maximum absolute atomic E-state index is 11.5. The molecule has 8 heteroatoms. The molecule has 0 saturated heterocycles. The van der Waals surface area contributed by atoms with Crippen molar-refractivity contribution in [3.8, 4) is 5.75 Å². The highest BCUT2D eigenvalue weighted by atomic mass is 35.5. The molecule has 6 nitrogen and oxygen atoms in total. The fourth-order valence-electron chi connectivity index (χ4n) is 1.80. The van der Waals surface area contributed by atoms with E-state index in [2.05, 4.69) is 4.40 Å². The van der Waals surface area contributed by atoms with Crippen LogP contribution in [0.1, 0.15) is 25.0 Å². The molecule has 1 aromatic rings. The van der Waals surface area contributed by atoms with Crippen molar-refractivity contribution >= 4 is 28.3 Å². The van der Waals surface area contributed by atoms with E-state index in [1.165, 1.54) is 0 Å². The SMILES string of the molecule is CC(C)(N)COc1cccc2c1C(N)=NS(=O)(=O)C2.Cl. The first-order valence-corrected chi connectivity index (χ1v) is 7.41. The molecule has 1 aromatic carbocycles. The first kappa shape index (κ1) is 16.7. The monoisotopic (exact) mass is 319 g/mol. The second-order valence-corrected chi connectivity index (χ2v) is 6.91. The van der Waals surface area contributed by atoms with Gasteiger partial charge in [0.25, 0.3) is 10.0 Å². The number of fused-ring (bicyclic) bond motifs is 1. The lowest BCUT2D eigenvalue weighted by Gasteiger charge is -2.22. The molecule has 2 rings (SSSR count). The summed E-state index contributed by atoms with van der Waals surface area (Å²) in [5.74, 6) is 0.311. The number of benzene rings is 1. The van der Waals surface area contributed by atoms with Crippen molar-refractivity contribution in [2.75, 3.05) is 6.61 Å². The van der Waals surface area contributed by atoms with E-state index in [4.69, 9.17) is 16.2 Å². The molecule has 112 valence electrons. The summed E-state index contributed by atoms with van der Waals surface area (Å²) in [7, 11) is -3.52. The number of amidine groups is 1. The Morgan fingerprint density at radius 3 is 2.65 bits per heavy atom. The fraction of sp³-hybridized carbons (Fsp3) is 0.417. The fourth-order valence-corrected chi connectivity index (χ4v) is 2.88. The van der Waals surface area contributed by atoms with Gasteiger partial charge >= 0.3 is 0 Å². The largest absolute Gasteiger partial charge is 0.491 e. The molecule has 0 aliphatic carbocycles. The van der Waals surface area contributed by atoms with Crippen LogP contribution in [0.4, 0.5) is 0 Å². The lowest BCUT2D eigenvalue weighted by Crippen LogP contribution is -2.39. The van der Waals surface area contributed by atoms with E-state index < -0.39 is 15.6 Å². The van der Waals surface area contributed by atoms with Crippen molar-refractivity contribution in [1.82, 2.24) is 0 Å². The Kier molecular flexibility index (Phi) is 4.68. The summed E-state index contributed by atoms with van der Waals surface area (Å²) >= 11 is 0. The van der Waals surface area contributed by atoms with Gasteiger partial charge in [-0.15, -0.1) is 16.8 Å². The van der Waals surface area contributed by atoms with E-state index in [1.807, 2.05) is 13.8 Å². The van der Waals surface area contributed by atoms with Crippen molar-refractivity contribution in [2.24, 2.45) is 15.9 Å². The highest BCUT2D eigenvalue weighted by molar-refractivity contribution is 7.89. The maximum Gasteiger partial charge on any atom is 0.259 e. The summed E-state index contributed by atoms with van der Waals surface area (Å²) < 4.78 is 32.2. The van der Waals surface area contributed by atoms with Crippen LogP contribution in [-0.4, -0.2) is 26.4 Å². The second-order valence-electron chi connectivity index (χ2n) is 5.27. The molecule has 0 bridgehead atoms. The van der Waals surface area contributed by atoms with Crippen LogP contribution in [0.2, 0.25) is 0 Å². The molecule has 0 fully saturated rings. The van der Waals surface area contributed by atoms with Gasteiger partial charge in [0.15, 0.2) is 0 Å². The highest BCUT2D eigenvalue weighted by Crippen LogP contribution is 2.28. The Morgan fingerprint density at radius 2 is 2.05 bits per heavy atom. The van der Waals surface area contributed by atoms with Gasteiger partial charge in [-0.25, -0.2) is 8.42 Å². The summed E-state index contributed by atoms with van der Waals surface area (Å²) in [6, 6.07) is 5.16. The quantitative estimate of drug-likeness (QED) is 0.855. The van der Waals surface area contributed by atoms with Crippen LogP contribution < -0.4 is 16.2 Å². The van der Waals surface area contributed by atoms with Crippen molar-refractivity contribution in [1.29, 1.82) is 0 Å². The van der Waals surface area contributed by atoms with Gasteiger partial charge < -0.3 is 16.2 Å². The van der Waals surface area contributed by atoms with Crippen LogP contribution in [0, 0.1) is 0 Å². The van der Waals surface area contributed by atoms with Crippen molar-refractivity contribution < 1.29 is 13.2 Å². The number of halogens is 1. The molecule has 0 atom stereocenters. The third-order valence-electron chi connectivity index (χ3n) is 2.54. The van der Waals surface area contributed by atoms with E-state index >= 15 is 0 Å². The van der Waals surface area contributed by atoms with E-state index in [-0.39, 0.29) is 24.0 Å². The molecule has 1 heterocycles. The number of nitrogens with zero attached hydrogens (tertiary/aromatic N) is 1. The number of ether oxygens (including phenoxy) is 1. The van der Waals surface area contributed by atoms with Gasteiger partial charge in [0.2, 0.25) is 0 Å². The van der Waals surface area contributed by atoms with Crippen molar-refractivity contribution in [2.45, 2.75) is 25.1 Å². The smallest absolute Gasteiger partial charge is 0.259 e. The molecule has 1 aliphatic rings. The third-order valence-corrected chi connectivity index (χ3v) is 3.69. The zero-order valence-electron chi connectivity index (χ0n) is 11.3. The Bertz CT molecular complexity index is 636. The van der Waals surface area contributed by atoms with E-state index in [9.17, 15) is 8.42 Å². The molecule has 0 saturated carbocycles. The zero-order valence-corrected chi connectivity index (χ0v) is 12.9. The van der Waals surface area contributed by atoms with Crippen LogP contribution in [0.25, 0.3) is 0 Å². The van der Waals surface area contributed by atoms with Gasteiger partial charge in [0, 0.05) is 5.54 Å². The minimum Gasteiger partial charge on any atom is -0.491 e. The van der Waals surface area contributed by atoms with Gasteiger partial charge in [-0.1, -0.05) is 12.1 Å². The van der Waals surface area contributed by atoms with E-state index in [0.29, 0.717) is 23.5 Å². The van der Waals surface area contributed by atoms with Crippen molar-refractivity contribution in [3.05, 3.63) is 29.3 Å². The topological polar surface area (TPSA) is 108 Å². The summed E-state index contributed by atoms with van der Waals surface area (Å²) in [5.41, 5.74) is 12.2. The average molecular weight is 320 g/mol. The van der Waals surface area contributed by atoms with Crippen LogP contribution in [0.5, 0.6) is 5.75 Å². The molecule has 0 amide bonds. The molecule has 0 spiro atoms. The summed E-state index contributed by atoms with van der Waals surface area (Å²) in [4.78, 5) is 0. The first-order valence-electron chi connectivity index (χ1n) is 5.80. The highest BCUT2D eigenvalue weighted by Gasteiger charge is 2.25. The predicted octanol–water partition coefficient (Wildman–Crippen LogP) is 0.773. The van der Waals surface area contributed by atoms with Gasteiger partial charge in [-0.2, -0.15) is 0 Å². The number of rotatable bonds is 3. The summed E-state index contributed by atoms with van der Waals surface area (Å²) in [5, 5.41) is 0. The Hall–Kier alpha value is -1.31. The van der Waals surface area contributed by atoms with Gasteiger partial charge in [0.1, 0.15) is 18.2 Å². The predicted molar refractivity (Wildman–Crippen MR) is 80.8 cm³/mol. The molecule has 0 radical (unpaired) electrons. The van der Waals surface area contributed by atoms with Crippen LogP contribution >= 0.6 is 12.4 Å². The molecule has 0 unspecified atom stereocenters. The van der Waals surface area contributed by atoms with E-state index in [1.54, 1.807) is 18.2 Å². The number of nitrogens with two attached hydrogens (primary N) is 2. The third kappa shape index (κ3) is 3.84. The Morgan fingerprint density at radius 1 is 1.40 bits per heavy atom. The van der Waals surface area contributed by atoms with Crippen LogP contribution in [-0.2, 0) is 15.8 Å². The molecule has 20 heavy (non-hydrogen) atoms. The summed E-state index contributed by atoms with van der Waals surface area (Å²) in [6.45, 7) is 3.97. The minimum atomic E-state index is -3.52. The van der Waals surface area contributed by atoms with Gasteiger partial charge in [-0.3, -0.25) is 0 Å². The number of sulfonamides is 1. The lowest BCUT2D eigenvalue weighted by atomic mass is 10.1.